The third-order valence-corrected chi connectivity index (χ3v) is 9.68. The molecule has 0 saturated heterocycles. The van der Waals surface area contributed by atoms with Gasteiger partial charge in [-0.2, -0.15) is 0 Å². The Morgan fingerprint density at radius 1 is 0.479 bits per heavy atom. The Hall–Kier alpha value is -0.730. The van der Waals surface area contributed by atoms with E-state index >= 15 is 0 Å². The van der Waals surface area contributed by atoms with E-state index in [0.717, 1.165) is 38.5 Å². The van der Waals surface area contributed by atoms with Crippen molar-refractivity contribution in [1.29, 1.82) is 0 Å². The summed E-state index contributed by atoms with van der Waals surface area (Å²) in [5.74, 6) is -1.18. The van der Waals surface area contributed by atoms with Crippen molar-refractivity contribution >= 4 is 52.6 Å². The topological polar surface area (TPSA) is 89.9 Å². The van der Waals surface area contributed by atoms with Gasteiger partial charge in [0.25, 0.3) is 0 Å². The Kier molecular flexibility index (Phi) is 34.2. The van der Waals surface area contributed by atoms with Crippen molar-refractivity contribution in [3.05, 3.63) is 29.3 Å². The zero-order valence-corrected chi connectivity index (χ0v) is 31.2. The molecule has 6 nitrogen and oxygen atoms in total. The van der Waals surface area contributed by atoms with Crippen LogP contribution in [0.5, 0.6) is 0 Å². The zero-order chi connectivity index (χ0) is 34.2. The summed E-state index contributed by atoms with van der Waals surface area (Å²) in [6.07, 6.45) is 35.1. The Balaban J connectivity index is 0.0000221. The number of ether oxygens (including phenoxy) is 2. The van der Waals surface area contributed by atoms with Crippen molar-refractivity contribution in [2.24, 2.45) is 0 Å². The summed E-state index contributed by atoms with van der Waals surface area (Å²) in [5, 5.41) is 0. The minimum absolute atomic E-state index is 0. The van der Waals surface area contributed by atoms with Gasteiger partial charge in [-0.3, -0.25) is 0 Å². The standard InChI is InChI=1S/C40H70O6S.Na.H/c1-3-5-7-9-11-13-15-17-19-21-23-25-27-29-31-45-39(41)36-33-37(35-38(34-36)47(43)44)40(42)46-32-30-28-26-24-22-20-18-16-14-12-10-8-6-4-2;;/h33-35H,3-32H2,1-2H3,(H,43,44);;. The SMILES string of the molecule is CCCCCCCCCCCCCCCCOC(=O)c1cc(C(=O)OCCCCCCCCCCCCCCCC)cc(S(=O)O)c1.[NaH]. The van der Waals surface area contributed by atoms with E-state index < -0.39 is 23.0 Å². The molecule has 1 aromatic carbocycles. The molecule has 1 aromatic rings. The number of rotatable bonds is 33. The summed E-state index contributed by atoms with van der Waals surface area (Å²) in [5.41, 5.74) is 0.192. The molecule has 1 N–H and O–H groups in total. The van der Waals surface area contributed by atoms with Gasteiger partial charge in [-0.15, -0.1) is 0 Å². The van der Waals surface area contributed by atoms with Crippen molar-refractivity contribution in [3.63, 3.8) is 0 Å². The third kappa shape index (κ3) is 27.1. The van der Waals surface area contributed by atoms with E-state index in [1.165, 1.54) is 159 Å². The maximum atomic E-state index is 12.7. The first-order valence-corrected chi connectivity index (χ1v) is 20.7. The summed E-state index contributed by atoms with van der Waals surface area (Å²) in [7, 11) is 0. The molecular formula is C40H71NaO6S. The van der Waals surface area contributed by atoms with E-state index in [1.54, 1.807) is 0 Å². The molecule has 48 heavy (non-hydrogen) atoms. The number of unbranched alkanes of at least 4 members (excludes halogenated alkanes) is 26. The van der Waals surface area contributed by atoms with Gasteiger partial charge >= 0.3 is 41.5 Å². The van der Waals surface area contributed by atoms with Crippen LogP contribution in [0.3, 0.4) is 0 Å². The molecule has 0 aliphatic heterocycles. The first-order chi connectivity index (χ1) is 23.0. The molecule has 0 saturated carbocycles. The van der Waals surface area contributed by atoms with Crippen LogP contribution in [0.2, 0.25) is 0 Å². The number of benzene rings is 1. The molecule has 0 aromatic heterocycles. The van der Waals surface area contributed by atoms with Crippen molar-refractivity contribution in [3.8, 4) is 0 Å². The second-order valence-electron chi connectivity index (χ2n) is 13.5. The van der Waals surface area contributed by atoms with Gasteiger partial charge in [0.2, 0.25) is 0 Å². The van der Waals surface area contributed by atoms with Gasteiger partial charge in [-0.05, 0) is 31.0 Å². The average Bonchev–Trinajstić information content (AvgIpc) is 3.07. The van der Waals surface area contributed by atoms with Crippen LogP contribution < -0.4 is 0 Å². The van der Waals surface area contributed by atoms with Crippen molar-refractivity contribution in [2.45, 2.75) is 199 Å². The van der Waals surface area contributed by atoms with Crippen LogP contribution in [-0.4, -0.2) is 63.5 Å². The maximum absolute atomic E-state index is 12.7. The molecule has 0 fully saturated rings. The predicted molar refractivity (Wildman–Crippen MR) is 204 cm³/mol. The monoisotopic (exact) mass is 702 g/mol. The first-order valence-electron chi connectivity index (χ1n) is 19.6. The van der Waals surface area contributed by atoms with Crippen LogP contribution in [0, 0.1) is 0 Å². The van der Waals surface area contributed by atoms with Gasteiger partial charge in [-0.1, -0.05) is 181 Å². The van der Waals surface area contributed by atoms with Crippen molar-refractivity contribution in [1.82, 2.24) is 0 Å². The molecular weight excluding hydrogens is 631 g/mol. The Labute approximate surface area is 319 Å². The van der Waals surface area contributed by atoms with Crippen molar-refractivity contribution < 1.29 is 27.8 Å². The summed E-state index contributed by atoms with van der Waals surface area (Å²) in [4.78, 5) is 25.3. The van der Waals surface area contributed by atoms with Crippen LogP contribution in [0.15, 0.2) is 23.1 Å². The fourth-order valence-corrected chi connectivity index (χ4v) is 6.48. The summed E-state index contributed by atoms with van der Waals surface area (Å²) < 4.78 is 32.3. The predicted octanol–water partition coefficient (Wildman–Crippen LogP) is 11.9. The van der Waals surface area contributed by atoms with Gasteiger partial charge in [0.05, 0.1) is 29.2 Å². The van der Waals surface area contributed by atoms with E-state index in [1.807, 2.05) is 0 Å². The molecule has 0 aliphatic carbocycles. The van der Waals surface area contributed by atoms with Crippen LogP contribution in [-0.2, 0) is 20.6 Å². The first kappa shape index (κ1) is 47.3. The number of hydrogen-bond acceptors (Lipinski definition) is 5. The quantitative estimate of drug-likeness (QED) is 0.0339. The normalized spacial score (nSPS) is 11.6. The summed E-state index contributed by atoms with van der Waals surface area (Å²) in [6, 6.07) is 4.03. The third-order valence-electron chi connectivity index (χ3n) is 9.04. The Bertz CT molecular complexity index is 876. The van der Waals surface area contributed by atoms with Crippen LogP contribution in [0.1, 0.15) is 214 Å². The van der Waals surface area contributed by atoms with Crippen molar-refractivity contribution in [2.75, 3.05) is 13.2 Å². The number of hydrogen-bond donors (Lipinski definition) is 1. The average molecular weight is 703 g/mol. The fourth-order valence-electron chi connectivity index (χ4n) is 6.03. The molecule has 0 amide bonds. The van der Waals surface area contributed by atoms with Gasteiger partial charge in [0, 0.05) is 0 Å². The molecule has 1 rings (SSSR count). The van der Waals surface area contributed by atoms with Crippen LogP contribution >= 0.6 is 0 Å². The molecule has 8 heteroatoms. The molecule has 0 radical (unpaired) electrons. The number of carbonyl (C=O) groups is 2. The molecule has 1 atom stereocenters. The van der Waals surface area contributed by atoms with Gasteiger partial charge < -0.3 is 14.0 Å². The minimum atomic E-state index is -2.33. The van der Waals surface area contributed by atoms with E-state index in [9.17, 15) is 18.4 Å². The molecule has 1 unspecified atom stereocenters. The molecule has 0 spiro atoms. The van der Waals surface area contributed by atoms with E-state index in [4.69, 9.17) is 9.47 Å². The number of esters is 2. The number of carbonyl (C=O) groups excluding carboxylic acids is 2. The second kappa shape index (κ2) is 34.7. The van der Waals surface area contributed by atoms with Gasteiger partial charge in [0.1, 0.15) is 0 Å². The van der Waals surface area contributed by atoms with E-state index in [-0.39, 0.29) is 45.6 Å². The van der Waals surface area contributed by atoms with Crippen LogP contribution in [0.25, 0.3) is 0 Å². The Morgan fingerprint density at radius 2 is 0.729 bits per heavy atom. The van der Waals surface area contributed by atoms with E-state index in [2.05, 4.69) is 13.8 Å². The van der Waals surface area contributed by atoms with E-state index in [0.29, 0.717) is 13.2 Å². The summed E-state index contributed by atoms with van der Waals surface area (Å²) in [6.45, 7) is 5.10. The molecule has 0 bridgehead atoms. The molecule has 0 aliphatic rings. The molecule has 274 valence electrons. The molecule has 0 heterocycles. The van der Waals surface area contributed by atoms with Gasteiger partial charge in [0.15, 0.2) is 11.1 Å². The van der Waals surface area contributed by atoms with Gasteiger partial charge in [-0.25, -0.2) is 13.8 Å². The fraction of sp³-hybridized carbons (Fsp3) is 0.800. The Morgan fingerprint density at radius 3 is 0.979 bits per heavy atom. The second-order valence-corrected chi connectivity index (χ2v) is 14.4. The zero-order valence-electron chi connectivity index (χ0n) is 30.3. The van der Waals surface area contributed by atoms with Crippen LogP contribution in [0.4, 0.5) is 0 Å². The summed E-state index contributed by atoms with van der Waals surface area (Å²) >= 11 is -2.33.